The Hall–Kier alpha value is -3.02. The normalized spacial score (nSPS) is 17.1. The number of piperidine rings is 1. The maximum Gasteiger partial charge on any atom is 0.253 e. The molecule has 3 aromatic rings. The summed E-state index contributed by atoms with van der Waals surface area (Å²) < 4.78 is 15.6. The molecule has 0 N–H and O–H groups in total. The van der Waals surface area contributed by atoms with E-state index in [0.717, 1.165) is 30.8 Å². The molecule has 4 rings (SSSR count). The Bertz CT molecular complexity index is 925. The lowest BCUT2D eigenvalue weighted by atomic mass is 9.96. The number of halogens is 1. The summed E-state index contributed by atoms with van der Waals surface area (Å²) in [5.41, 5.74) is 1.56. The first kappa shape index (κ1) is 17.4. The molecule has 1 atom stereocenters. The summed E-state index contributed by atoms with van der Waals surface area (Å²) >= 11 is 0. The van der Waals surface area contributed by atoms with Gasteiger partial charge in [0.05, 0.1) is 0 Å². The van der Waals surface area contributed by atoms with E-state index < -0.39 is 0 Å². The Morgan fingerprint density at radius 1 is 1.19 bits per heavy atom. The van der Waals surface area contributed by atoms with Crippen molar-refractivity contribution in [3.8, 4) is 0 Å². The average Bonchev–Trinajstić information content (AvgIpc) is 3.16. The van der Waals surface area contributed by atoms with E-state index in [9.17, 15) is 9.18 Å². The summed E-state index contributed by atoms with van der Waals surface area (Å²) in [4.78, 5) is 23.2. The largest absolute Gasteiger partial charge is 0.338 e. The van der Waals surface area contributed by atoms with E-state index >= 15 is 0 Å². The van der Waals surface area contributed by atoms with E-state index in [-0.39, 0.29) is 17.6 Å². The highest BCUT2D eigenvalue weighted by molar-refractivity contribution is 5.94. The van der Waals surface area contributed by atoms with E-state index in [1.54, 1.807) is 24.5 Å². The number of nitrogens with zero attached hydrogens (tertiary/aromatic N) is 4. The lowest BCUT2D eigenvalue weighted by Gasteiger charge is -2.32. The van der Waals surface area contributed by atoms with Crippen LogP contribution in [0.25, 0.3) is 0 Å². The lowest BCUT2D eigenvalue weighted by Crippen LogP contribution is -2.39. The minimum atomic E-state index is -0.387. The van der Waals surface area contributed by atoms with Gasteiger partial charge in [0, 0.05) is 55.9 Å². The van der Waals surface area contributed by atoms with Gasteiger partial charge in [-0.2, -0.15) is 0 Å². The molecule has 6 heteroatoms. The Balaban J connectivity index is 1.51. The fourth-order valence-corrected chi connectivity index (χ4v) is 3.68. The molecule has 27 heavy (non-hydrogen) atoms. The number of aromatic nitrogens is 3. The maximum absolute atomic E-state index is 13.5. The molecule has 138 valence electrons. The number of carbonyl (C=O) groups is 1. The van der Waals surface area contributed by atoms with E-state index in [4.69, 9.17) is 0 Å². The van der Waals surface area contributed by atoms with Gasteiger partial charge in [-0.3, -0.25) is 9.78 Å². The van der Waals surface area contributed by atoms with Gasteiger partial charge < -0.3 is 9.47 Å². The maximum atomic E-state index is 13.5. The van der Waals surface area contributed by atoms with Gasteiger partial charge in [-0.25, -0.2) is 9.37 Å². The zero-order valence-electron chi connectivity index (χ0n) is 15.0. The zero-order valence-corrected chi connectivity index (χ0v) is 15.0. The summed E-state index contributed by atoms with van der Waals surface area (Å²) in [7, 11) is 0. The molecule has 0 spiro atoms. The third-order valence-electron chi connectivity index (χ3n) is 5.00. The van der Waals surface area contributed by atoms with Crippen molar-refractivity contribution in [1.29, 1.82) is 0 Å². The van der Waals surface area contributed by atoms with Crippen molar-refractivity contribution in [3.63, 3.8) is 0 Å². The lowest BCUT2D eigenvalue weighted by molar-refractivity contribution is 0.0703. The molecule has 1 aliphatic heterocycles. The predicted molar refractivity (Wildman–Crippen MR) is 99.8 cm³/mol. The van der Waals surface area contributed by atoms with E-state index in [0.29, 0.717) is 18.7 Å². The third-order valence-corrected chi connectivity index (χ3v) is 5.00. The van der Waals surface area contributed by atoms with Crippen molar-refractivity contribution < 1.29 is 9.18 Å². The van der Waals surface area contributed by atoms with Crippen molar-refractivity contribution in [1.82, 2.24) is 19.4 Å². The van der Waals surface area contributed by atoms with Gasteiger partial charge in [0.25, 0.3) is 5.91 Å². The van der Waals surface area contributed by atoms with Crippen molar-refractivity contribution in [2.24, 2.45) is 0 Å². The molecule has 1 aromatic carbocycles. The molecule has 5 nitrogen and oxygen atoms in total. The minimum Gasteiger partial charge on any atom is -0.338 e. The van der Waals surface area contributed by atoms with Crippen LogP contribution in [-0.4, -0.2) is 38.4 Å². The number of hydrogen-bond acceptors (Lipinski definition) is 3. The summed E-state index contributed by atoms with van der Waals surface area (Å²) in [5, 5.41) is 0. The smallest absolute Gasteiger partial charge is 0.253 e. The number of benzene rings is 1. The Morgan fingerprint density at radius 3 is 2.85 bits per heavy atom. The fourth-order valence-electron chi connectivity index (χ4n) is 3.68. The Labute approximate surface area is 157 Å². The average molecular weight is 364 g/mol. The second-order valence-electron chi connectivity index (χ2n) is 6.87. The van der Waals surface area contributed by atoms with Gasteiger partial charge in [0.15, 0.2) is 0 Å². The fraction of sp³-hybridized carbons (Fsp3) is 0.286. The first-order chi connectivity index (χ1) is 13.2. The topological polar surface area (TPSA) is 51.0 Å². The molecule has 0 saturated carbocycles. The number of rotatable bonds is 4. The van der Waals surface area contributed by atoms with Crippen LogP contribution in [0.5, 0.6) is 0 Å². The molecule has 1 amide bonds. The van der Waals surface area contributed by atoms with Crippen LogP contribution in [0, 0.1) is 5.82 Å². The number of amides is 1. The van der Waals surface area contributed by atoms with Crippen molar-refractivity contribution >= 4 is 5.91 Å². The van der Waals surface area contributed by atoms with Crippen LogP contribution in [0.1, 0.15) is 40.5 Å². The van der Waals surface area contributed by atoms with Crippen LogP contribution in [-0.2, 0) is 6.54 Å². The number of imidazole rings is 1. The highest BCUT2D eigenvalue weighted by atomic mass is 19.1. The van der Waals surface area contributed by atoms with Crippen LogP contribution in [0.4, 0.5) is 4.39 Å². The molecule has 3 heterocycles. The van der Waals surface area contributed by atoms with Crippen LogP contribution in [0.2, 0.25) is 0 Å². The van der Waals surface area contributed by atoms with Crippen molar-refractivity contribution in [2.75, 3.05) is 13.1 Å². The van der Waals surface area contributed by atoms with E-state index in [2.05, 4.69) is 14.5 Å². The molecule has 1 saturated heterocycles. The molecule has 2 aromatic heterocycles. The number of pyridine rings is 1. The SMILES string of the molecule is O=C(c1cccc(F)c1)N1CCC[C@@H](c2nccn2Cc2ccncc2)C1. The monoisotopic (exact) mass is 364 g/mol. The summed E-state index contributed by atoms with van der Waals surface area (Å²) in [6, 6.07) is 9.88. The van der Waals surface area contributed by atoms with Crippen LogP contribution >= 0.6 is 0 Å². The molecule has 0 radical (unpaired) electrons. The van der Waals surface area contributed by atoms with Crippen molar-refractivity contribution in [3.05, 3.63) is 84.0 Å². The summed E-state index contributed by atoms with van der Waals surface area (Å²) in [6.07, 6.45) is 9.25. The Morgan fingerprint density at radius 2 is 2.04 bits per heavy atom. The number of likely N-dealkylation sites (tertiary alicyclic amines) is 1. The molecular formula is C21H21FN4O. The van der Waals surface area contributed by atoms with E-state index in [1.807, 2.05) is 29.4 Å². The quantitative estimate of drug-likeness (QED) is 0.712. The standard InChI is InChI=1S/C21H21FN4O/c22-19-5-1-3-17(13-19)21(27)26-11-2-4-18(15-26)20-24-10-12-25(20)14-16-6-8-23-9-7-16/h1,3,5-10,12-13,18H,2,4,11,14-15H2/t18-/m1/s1. The van der Waals surface area contributed by atoms with Crippen molar-refractivity contribution in [2.45, 2.75) is 25.3 Å². The summed E-state index contributed by atoms with van der Waals surface area (Å²) in [6.45, 7) is 2.02. The van der Waals surface area contributed by atoms with Gasteiger partial charge in [0.2, 0.25) is 0 Å². The van der Waals surface area contributed by atoms with Gasteiger partial charge >= 0.3 is 0 Å². The second-order valence-corrected chi connectivity index (χ2v) is 6.87. The van der Waals surface area contributed by atoms with Gasteiger partial charge in [-0.1, -0.05) is 6.07 Å². The molecule has 1 aliphatic rings. The van der Waals surface area contributed by atoms with Gasteiger partial charge in [0.1, 0.15) is 11.6 Å². The van der Waals surface area contributed by atoms with Crippen LogP contribution < -0.4 is 0 Å². The molecule has 0 bridgehead atoms. The summed E-state index contributed by atoms with van der Waals surface area (Å²) in [5.74, 6) is 0.658. The van der Waals surface area contributed by atoms with Crippen LogP contribution in [0.3, 0.4) is 0 Å². The first-order valence-corrected chi connectivity index (χ1v) is 9.15. The highest BCUT2D eigenvalue weighted by Gasteiger charge is 2.28. The predicted octanol–water partition coefficient (Wildman–Crippen LogP) is 3.49. The first-order valence-electron chi connectivity index (χ1n) is 9.15. The highest BCUT2D eigenvalue weighted by Crippen LogP contribution is 2.27. The third kappa shape index (κ3) is 3.89. The number of hydrogen-bond donors (Lipinski definition) is 0. The van der Waals surface area contributed by atoms with Gasteiger partial charge in [-0.05, 0) is 48.7 Å². The zero-order chi connectivity index (χ0) is 18.6. The van der Waals surface area contributed by atoms with Gasteiger partial charge in [-0.15, -0.1) is 0 Å². The minimum absolute atomic E-state index is 0.119. The van der Waals surface area contributed by atoms with Crippen LogP contribution in [0.15, 0.2) is 61.2 Å². The Kier molecular flexibility index (Phi) is 4.96. The van der Waals surface area contributed by atoms with E-state index in [1.165, 1.54) is 12.1 Å². The second kappa shape index (κ2) is 7.70. The molecule has 1 fully saturated rings. The number of carbonyl (C=O) groups excluding carboxylic acids is 1. The molecule has 0 unspecified atom stereocenters. The molecule has 0 aliphatic carbocycles. The molecular weight excluding hydrogens is 343 g/mol.